The lowest BCUT2D eigenvalue weighted by molar-refractivity contribution is -0.118. The molecular weight excluding hydrogens is 332 g/mol. The standard InChI is InChI=1S/C16H24N2O5S/c1-13(2)23-10-6-9-17-15(19)11-24(21,22)12-16(20)18-14-7-4-3-5-8-14/h3-5,7-8,13H,6,9-12H2,1-2H3,(H,17,19)(H,18,20). The molecule has 7 nitrogen and oxygen atoms in total. The number of amides is 2. The molecule has 0 heterocycles. The zero-order valence-corrected chi connectivity index (χ0v) is 14.8. The smallest absolute Gasteiger partial charge is 0.239 e. The molecule has 0 saturated heterocycles. The van der Waals surface area contributed by atoms with Crippen LogP contribution in [0.5, 0.6) is 0 Å². The lowest BCUT2D eigenvalue weighted by atomic mass is 10.3. The number of sulfone groups is 1. The molecule has 2 N–H and O–H groups in total. The zero-order chi connectivity index (χ0) is 18.0. The number of hydrogen-bond acceptors (Lipinski definition) is 5. The van der Waals surface area contributed by atoms with Crippen LogP contribution in [0.2, 0.25) is 0 Å². The summed E-state index contributed by atoms with van der Waals surface area (Å²) in [5.74, 6) is -2.72. The number of anilines is 1. The van der Waals surface area contributed by atoms with Gasteiger partial charge >= 0.3 is 0 Å². The Labute approximate surface area is 142 Å². The summed E-state index contributed by atoms with van der Waals surface area (Å²) in [6.45, 7) is 4.64. The van der Waals surface area contributed by atoms with Crippen molar-refractivity contribution in [2.45, 2.75) is 26.4 Å². The van der Waals surface area contributed by atoms with Crippen molar-refractivity contribution < 1.29 is 22.7 Å². The summed E-state index contributed by atoms with van der Waals surface area (Å²) < 4.78 is 29.1. The summed E-state index contributed by atoms with van der Waals surface area (Å²) in [4.78, 5) is 23.4. The number of nitrogens with one attached hydrogen (secondary N) is 2. The van der Waals surface area contributed by atoms with Gasteiger partial charge in [0.25, 0.3) is 0 Å². The van der Waals surface area contributed by atoms with Crippen molar-refractivity contribution in [3.63, 3.8) is 0 Å². The fourth-order valence-corrected chi connectivity index (χ4v) is 2.91. The van der Waals surface area contributed by atoms with E-state index < -0.39 is 33.2 Å². The highest BCUT2D eigenvalue weighted by atomic mass is 32.2. The predicted octanol–water partition coefficient (Wildman–Crippen LogP) is 0.971. The summed E-state index contributed by atoms with van der Waals surface area (Å²) in [6, 6.07) is 8.52. The fraction of sp³-hybridized carbons (Fsp3) is 0.500. The largest absolute Gasteiger partial charge is 0.379 e. The Morgan fingerprint density at radius 2 is 1.71 bits per heavy atom. The number of para-hydroxylation sites is 1. The molecule has 1 rings (SSSR count). The first kappa shape index (κ1) is 20.1. The number of hydrogen-bond donors (Lipinski definition) is 2. The van der Waals surface area contributed by atoms with Gasteiger partial charge in [-0.3, -0.25) is 9.59 Å². The number of ether oxygens (including phenoxy) is 1. The van der Waals surface area contributed by atoms with Crippen molar-refractivity contribution >= 4 is 27.3 Å². The van der Waals surface area contributed by atoms with Crippen LogP contribution in [0.3, 0.4) is 0 Å². The first-order chi connectivity index (χ1) is 11.3. The van der Waals surface area contributed by atoms with Gasteiger partial charge in [-0.15, -0.1) is 0 Å². The molecule has 8 heteroatoms. The summed E-state index contributed by atoms with van der Waals surface area (Å²) in [5.41, 5.74) is 0.507. The van der Waals surface area contributed by atoms with Crippen molar-refractivity contribution in [3.05, 3.63) is 30.3 Å². The normalized spacial score (nSPS) is 11.3. The van der Waals surface area contributed by atoms with Crippen LogP contribution in [0.15, 0.2) is 30.3 Å². The predicted molar refractivity (Wildman–Crippen MR) is 92.4 cm³/mol. The molecule has 0 radical (unpaired) electrons. The van der Waals surface area contributed by atoms with Gasteiger partial charge in [-0.2, -0.15) is 0 Å². The number of carbonyl (C=O) groups excluding carboxylic acids is 2. The summed E-state index contributed by atoms with van der Waals surface area (Å²) in [6.07, 6.45) is 0.711. The first-order valence-electron chi connectivity index (χ1n) is 7.72. The summed E-state index contributed by atoms with van der Waals surface area (Å²) >= 11 is 0. The van der Waals surface area contributed by atoms with E-state index in [2.05, 4.69) is 10.6 Å². The Morgan fingerprint density at radius 1 is 1.08 bits per heavy atom. The molecule has 0 aliphatic heterocycles. The topological polar surface area (TPSA) is 102 Å². The Kier molecular flexibility index (Phi) is 8.42. The molecule has 0 unspecified atom stereocenters. The van der Waals surface area contributed by atoms with Gasteiger partial charge in [0.05, 0.1) is 6.10 Å². The molecule has 0 fully saturated rings. The minimum Gasteiger partial charge on any atom is -0.379 e. The van der Waals surface area contributed by atoms with Crippen LogP contribution in [0.4, 0.5) is 5.69 Å². The molecule has 24 heavy (non-hydrogen) atoms. The van der Waals surface area contributed by atoms with Gasteiger partial charge in [-0.1, -0.05) is 18.2 Å². The molecule has 2 amide bonds. The van der Waals surface area contributed by atoms with Crippen LogP contribution in [-0.4, -0.2) is 51.0 Å². The second kappa shape index (κ2) is 10.0. The van der Waals surface area contributed by atoms with Crippen LogP contribution < -0.4 is 10.6 Å². The van der Waals surface area contributed by atoms with E-state index >= 15 is 0 Å². The molecule has 134 valence electrons. The van der Waals surface area contributed by atoms with Crippen molar-refractivity contribution in [2.24, 2.45) is 0 Å². The summed E-state index contributed by atoms with van der Waals surface area (Å²) in [5, 5.41) is 4.98. The van der Waals surface area contributed by atoms with E-state index in [4.69, 9.17) is 4.74 Å². The van der Waals surface area contributed by atoms with Gasteiger partial charge < -0.3 is 15.4 Å². The van der Waals surface area contributed by atoms with E-state index in [9.17, 15) is 18.0 Å². The molecule has 0 atom stereocenters. The van der Waals surface area contributed by atoms with E-state index in [-0.39, 0.29) is 6.10 Å². The van der Waals surface area contributed by atoms with Crippen molar-refractivity contribution in [2.75, 3.05) is 30.0 Å². The maximum atomic E-state index is 11.9. The van der Waals surface area contributed by atoms with Crippen molar-refractivity contribution in [1.29, 1.82) is 0 Å². The molecule has 0 spiro atoms. The third-order valence-corrected chi connectivity index (χ3v) is 4.26. The zero-order valence-electron chi connectivity index (χ0n) is 13.9. The number of rotatable bonds is 10. The number of benzene rings is 1. The minimum atomic E-state index is -3.81. The van der Waals surface area contributed by atoms with Crippen LogP contribution in [0, 0.1) is 0 Å². The SMILES string of the molecule is CC(C)OCCCNC(=O)CS(=O)(=O)CC(=O)Nc1ccccc1. The van der Waals surface area contributed by atoms with Gasteiger partial charge in [0, 0.05) is 18.8 Å². The maximum absolute atomic E-state index is 11.9. The van der Waals surface area contributed by atoms with Crippen LogP contribution in [-0.2, 0) is 24.2 Å². The van der Waals surface area contributed by atoms with Gasteiger partial charge in [0.2, 0.25) is 11.8 Å². The highest BCUT2D eigenvalue weighted by Crippen LogP contribution is 2.05. The van der Waals surface area contributed by atoms with E-state index in [0.717, 1.165) is 0 Å². The second-order valence-electron chi connectivity index (χ2n) is 5.57. The molecule has 0 aromatic heterocycles. The molecule has 0 bridgehead atoms. The Hall–Kier alpha value is -1.93. The highest BCUT2D eigenvalue weighted by Gasteiger charge is 2.20. The van der Waals surface area contributed by atoms with Crippen molar-refractivity contribution in [3.8, 4) is 0 Å². The molecule has 1 aromatic rings. The average molecular weight is 356 g/mol. The molecule has 1 aromatic carbocycles. The van der Waals surface area contributed by atoms with E-state index in [1.54, 1.807) is 30.3 Å². The molecule has 0 aliphatic carbocycles. The average Bonchev–Trinajstić information content (AvgIpc) is 2.46. The monoisotopic (exact) mass is 356 g/mol. The lowest BCUT2D eigenvalue weighted by Crippen LogP contribution is -2.34. The molecular formula is C16H24N2O5S. The minimum absolute atomic E-state index is 0.115. The van der Waals surface area contributed by atoms with Gasteiger partial charge in [0.15, 0.2) is 9.84 Å². The Morgan fingerprint density at radius 3 is 2.33 bits per heavy atom. The van der Waals surface area contributed by atoms with E-state index in [1.165, 1.54) is 0 Å². The Bertz CT molecular complexity index is 629. The quantitative estimate of drug-likeness (QED) is 0.608. The highest BCUT2D eigenvalue weighted by molar-refractivity contribution is 7.92. The molecule has 0 saturated carbocycles. The third-order valence-electron chi connectivity index (χ3n) is 2.85. The van der Waals surface area contributed by atoms with E-state index in [1.807, 2.05) is 13.8 Å². The van der Waals surface area contributed by atoms with Gasteiger partial charge in [0.1, 0.15) is 11.5 Å². The Balaban J connectivity index is 2.32. The fourth-order valence-electron chi connectivity index (χ4n) is 1.84. The number of carbonyl (C=O) groups is 2. The maximum Gasteiger partial charge on any atom is 0.239 e. The third kappa shape index (κ3) is 9.26. The van der Waals surface area contributed by atoms with E-state index in [0.29, 0.717) is 25.3 Å². The second-order valence-corrected chi connectivity index (χ2v) is 7.63. The summed E-state index contributed by atoms with van der Waals surface area (Å²) in [7, 11) is -3.81. The van der Waals surface area contributed by atoms with Gasteiger partial charge in [-0.05, 0) is 32.4 Å². The van der Waals surface area contributed by atoms with Crippen LogP contribution in [0.25, 0.3) is 0 Å². The lowest BCUT2D eigenvalue weighted by Gasteiger charge is -2.09. The first-order valence-corrected chi connectivity index (χ1v) is 9.54. The van der Waals surface area contributed by atoms with Crippen LogP contribution in [0.1, 0.15) is 20.3 Å². The van der Waals surface area contributed by atoms with Crippen LogP contribution >= 0.6 is 0 Å². The van der Waals surface area contributed by atoms with Crippen molar-refractivity contribution in [1.82, 2.24) is 5.32 Å². The van der Waals surface area contributed by atoms with Gasteiger partial charge in [-0.25, -0.2) is 8.42 Å². The molecule has 0 aliphatic rings.